The van der Waals surface area contributed by atoms with Crippen molar-refractivity contribution in [3.05, 3.63) is 0 Å². The first-order valence-corrected chi connectivity index (χ1v) is 6.14. The van der Waals surface area contributed by atoms with Crippen LogP contribution in [0.1, 0.15) is 34.1 Å². The van der Waals surface area contributed by atoms with Crippen molar-refractivity contribution in [1.82, 2.24) is 10.2 Å². The summed E-state index contributed by atoms with van der Waals surface area (Å²) in [6, 6.07) is 0.0563. The van der Waals surface area contributed by atoms with Gasteiger partial charge in [0.1, 0.15) is 0 Å². The number of aliphatic hydroxyl groups is 1. The van der Waals surface area contributed by atoms with Crippen LogP contribution in [0, 0.1) is 5.92 Å². The summed E-state index contributed by atoms with van der Waals surface area (Å²) in [6.07, 6.45) is 0.506. The summed E-state index contributed by atoms with van der Waals surface area (Å²) in [6.45, 7) is 9.47. The number of nitrogens with zero attached hydrogens (tertiary/aromatic N) is 1. The molecule has 94 valence electrons. The minimum Gasteiger partial charge on any atom is -0.392 e. The average Bonchev–Trinajstić information content (AvgIpc) is 2.49. The highest BCUT2D eigenvalue weighted by Gasteiger charge is 2.33. The quantitative estimate of drug-likeness (QED) is 0.741. The van der Waals surface area contributed by atoms with Gasteiger partial charge in [-0.25, -0.2) is 0 Å². The maximum Gasteiger partial charge on any atom is 0.237 e. The normalized spacial score (nSPS) is 24.1. The molecule has 0 radical (unpaired) electrons. The predicted molar refractivity (Wildman–Crippen MR) is 64.1 cm³/mol. The van der Waals surface area contributed by atoms with Gasteiger partial charge in [-0.1, -0.05) is 13.8 Å². The second-order valence-corrected chi connectivity index (χ2v) is 5.29. The molecule has 0 aromatic rings. The molecule has 0 aromatic carbocycles. The topological polar surface area (TPSA) is 52.6 Å². The Labute approximate surface area is 98.0 Å². The Morgan fingerprint density at radius 3 is 2.38 bits per heavy atom. The van der Waals surface area contributed by atoms with E-state index in [4.69, 9.17) is 0 Å². The smallest absolute Gasteiger partial charge is 0.237 e. The Kier molecular flexibility index (Phi) is 4.74. The molecule has 0 aliphatic carbocycles. The number of rotatable bonds is 4. The molecule has 0 bridgehead atoms. The SMILES string of the molecule is CC(C)NC(=O)[C@H](C(C)C)N1CCC(O)C1. The summed E-state index contributed by atoms with van der Waals surface area (Å²) in [4.78, 5) is 14.1. The van der Waals surface area contributed by atoms with Crippen LogP contribution in [0.5, 0.6) is 0 Å². The number of carbonyl (C=O) groups is 1. The van der Waals surface area contributed by atoms with E-state index in [1.54, 1.807) is 0 Å². The van der Waals surface area contributed by atoms with Gasteiger partial charge in [-0.2, -0.15) is 0 Å². The van der Waals surface area contributed by atoms with Gasteiger partial charge in [0.25, 0.3) is 0 Å². The van der Waals surface area contributed by atoms with Gasteiger partial charge < -0.3 is 10.4 Å². The van der Waals surface area contributed by atoms with Crippen molar-refractivity contribution in [2.45, 2.75) is 52.3 Å². The van der Waals surface area contributed by atoms with Crippen LogP contribution in [0.3, 0.4) is 0 Å². The van der Waals surface area contributed by atoms with Gasteiger partial charge in [-0.3, -0.25) is 9.69 Å². The lowest BCUT2D eigenvalue weighted by molar-refractivity contribution is -0.128. The number of likely N-dealkylation sites (tertiary alicyclic amines) is 1. The van der Waals surface area contributed by atoms with E-state index in [1.807, 2.05) is 13.8 Å². The van der Waals surface area contributed by atoms with Crippen molar-refractivity contribution >= 4 is 5.91 Å². The predicted octanol–water partition coefficient (Wildman–Crippen LogP) is 0.602. The van der Waals surface area contributed by atoms with Gasteiger partial charge in [0.05, 0.1) is 12.1 Å². The number of nitrogens with one attached hydrogen (secondary N) is 1. The molecule has 1 amide bonds. The first kappa shape index (κ1) is 13.5. The third-order valence-electron chi connectivity index (χ3n) is 2.92. The Hall–Kier alpha value is -0.610. The first-order chi connectivity index (χ1) is 7.41. The molecule has 16 heavy (non-hydrogen) atoms. The molecule has 2 N–H and O–H groups in total. The number of hydrogen-bond donors (Lipinski definition) is 2. The summed E-state index contributed by atoms with van der Waals surface area (Å²) < 4.78 is 0. The Bertz CT molecular complexity index is 241. The molecule has 4 nitrogen and oxygen atoms in total. The zero-order valence-corrected chi connectivity index (χ0v) is 10.7. The summed E-state index contributed by atoms with van der Waals surface area (Å²) in [7, 11) is 0. The summed E-state index contributed by atoms with van der Waals surface area (Å²) in [5, 5.41) is 12.5. The molecular formula is C12H24N2O2. The lowest BCUT2D eigenvalue weighted by Crippen LogP contribution is -2.50. The van der Waals surface area contributed by atoms with Gasteiger partial charge in [0, 0.05) is 19.1 Å². The maximum absolute atomic E-state index is 12.1. The van der Waals surface area contributed by atoms with Crippen LogP contribution in [-0.2, 0) is 4.79 Å². The molecule has 0 aromatic heterocycles. The number of amides is 1. The summed E-state index contributed by atoms with van der Waals surface area (Å²) >= 11 is 0. The summed E-state index contributed by atoms with van der Waals surface area (Å²) in [5.41, 5.74) is 0. The number of β-amino-alcohol motifs (C(OH)–C–C–N with tert-alkyl or cyclic N) is 1. The minimum atomic E-state index is -0.270. The van der Waals surface area contributed by atoms with E-state index in [-0.39, 0.29) is 30.0 Å². The molecule has 1 aliphatic heterocycles. The molecule has 1 heterocycles. The zero-order chi connectivity index (χ0) is 12.3. The third-order valence-corrected chi connectivity index (χ3v) is 2.92. The second kappa shape index (κ2) is 5.64. The fraction of sp³-hybridized carbons (Fsp3) is 0.917. The standard InChI is InChI=1S/C12H24N2O2/c1-8(2)11(12(16)13-9(3)4)14-6-5-10(15)7-14/h8-11,15H,5-7H2,1-4H3,(H,13,16)/t10?,11-/m0/s1. The van der Waals surface area contributed by atoms with Crippen molar-refractivity contribution in [1.29, 1.82) is 0 Å². The van der Waals surface area contributed by atoms with Crippen LogP contribution in [0.25, 0.3) is 0 Å². The number of hydrogen-bond acceptors (Lipinski definition) is 3. The average molecular weight is 228 g/mol. The van der Waals surface area contributed by atoms with Gasteiger partial charge in [0.2, 0.25) is 5.91 Å². The van der Waals surface area contributed by atoms with Crippen LogP contribution >= 0.6 is 0 Å². The monoisotopic (exact) mass is 228 g/mol. The van der Waals surface area contributed by atoms with Crippen molar-refractivity contribution < 1.29 is 9.90 Å². The maximum atomic E-state index is 12.1. The largest absolute Gasteiger partial charge is 0.392 e. The molecule has 2 atom stereocenters. The highest BCUT2D eigenvalue weighted by Crippen LogP contribution is 2.18. The molecule has 1 rings (SSSR count). The number of aliphatic hydroxyl groups excluding tert-OH is 1. The van der Waals surface area contributed by atoms with E-state index in [0.29, 0.717) is 6.54 Å². The molecule has 1 aliphatic rings. The Morgan fingerprint density at radius 2 is 2.00 bits per heavy atom. The van der Waals surface area contributed by atoms with E-state index < -0.39 is 0 Å². The molecule has 0 saturated carbocycles. The van der Waals surface area contributed by atoms with Gasteiger partial charge >= 0.3 is 0 Å². The van der Waals surface area contributed by atoms with E-state index in [9.17, 15) is 9.90 Å². The molecule has 0 spiro atoms. The van der Waals surface area contributed by atoms with Crippen molar-refractivity contribution in [3.8, 4) is 0 Å². The van der Waals surface area contributed by atoms with Crippen LogP contribution in [0.4, 0.5) is 0 Å². The third kappa shape index (κ3) is 3.46. The lowest BCUT2D eigenvalue weighted by atomic mass is 10.0. The minimum absolute atomic E-state index is 0.0825. The molecule has 4 heteroatoms. The van der Waals surface area contributed by atoms with Gasteiger partial charge in [-0.15, -0.1) is 0 Å². The van der Waals surface area contributed by atoms with Gasteiger partial charge in [0.15, 0.2) is 0 Å². The Morgan fingerprint density at radius 1 is 1.38 bits per heavy atom. The van der Waals surface area contributed by atoms with Crippen LogP contribution in [0.15, 0.2) is 0 Å². The van der Waals surface area contributed by atoms with Crippen molar-refractivity contribution in [2.75, 3.05) is 13.1 Å². The zero-order valence-electron chi connectivity index (χ0n) is 10.7. The van der Waals surface area contributed by atoms with E-state index in [0.717, 1.165) is 13.0 Å². The van der Waals surface area contributed by atoms with E-state index >= 15 is 0 Å². The van der Waals surface area contributed by atoms with Crippen molar-refractivity contribution in [2.24, 2.45) is 5.92 Å². The van der Waals surface area contributed by atoms with Gasteiger partial charge in [-0.05, 0) is 26.2 Å². The highest BCUT2D eigenvalue weighted by molar-refractivity contribution is 5.82. The van der Waals surface area contributed by atoms with E-state index in [1.165, 1.54) is 0 Å². The van der Waals surface area contributed by atoms with Crippen LogP contribution in [-0.4, -0.2) is 47.2 Å². The molecule has 1 saturated heterocycles. The van der Waals surface area contributed by atoms with E-state index in [2.05, 4.69) is 24.1 Å². The fourth-order valence-corrected chi connectivity index (χ4v) is 2.28. The highest BCUT2D eigenvalue weighted by atomic mass is 16.3. The van der Waals surface area contributed by atoms with Crippen molar-refractivity contribution in [3.63, 3.8) is 0 Å². The molecule has 1 fully saturated rings. The molecule has 1 unspecified atom stereocenters. The van der Waals surface area contributed by atoms with Crippen LogP contribution in [0.2, 0.25) is 0 Å². The number of carbonyl (C=O) groups excluding carboxylic acids is 1. The lowest BCUT2D eigenvalue weighted by Gasteiger charge is -2.30. The molecular weight excluding hydrogens is 204 g/mol. The van der Waals surface area contributed by atoms with Crippen LogP contribution < -0.4 is 5.32 Å². The Balaban J connectivity index is 2.63. The first-order valence-electron chi connectivity index (χ1n) is 6.14. The fourth-order valence-electron chi connectivity index (χ4n) is 2.28. The summed E-state index contributed by atoms with van der Waals surface area (Å²) in [5.74, 6) is 0.350. The second-order valence-electron chi connectivity index (χ2n) is 5.29.